The third-order valence-corrected chi connectivity index (χ3v) is 44.2. The maximum atomic E-state index is 9.34. The predicted octanol–water partition coefficient (Wildman–Crippen LogP) is 15.7. The summed E-state index contributed by atoms with van der Waals surface area (Å²) in [7, 11) is 1.81. The van der Waals surface area contributed by atoms with E-state index in [9.17, 15) is 7.53 Å². The van der Waals surface area contributed by atoms with Gasteiger partial charge < -0.3 is 0 Å². The Bertz CT molecular complexity index is 3980. The van der Waals surface area contributed by atoms with Crippen LogP contribution in [0.15, 0.2) is 164 Å². The maximum absolute atomic E-state index is 9.34. The van der Waals surface area contributed by atoms with Gasteiger partial charge in [0.25, 0.3) is 0 Å². The summed E-state index contributed by atoms with van der Waals surface area (Å²) >= 11 is -10.1. The number of hydrogen-bond donors (Lipinski definition) is 0. The van der Waals surface area contributed by atoms with Gasteiger partial charge in [-0.2, -0.15) is 0 Å². The van der Waals surface area contributed by atoms with Crippen molar-refractivity contribution in [2.75, 3.05) is 7.11 Å². The molecule has 16 rings (SSSR count). The van der Waals surface area contributed by atoms with E-state index in [0.29, 0.717) is 5.75 Å². The first-order valence-corrected chi connectivity index (χ1v) is 39.1. The zero-order valence-corrected chi connectivity index (χ0v) is 56.6. The molecule has 0 unspecified atom stereocenters. The molecule has 4 spiro atoms. The fraction of sp³-hybridized carbons (Fsp3) is 0.308. The van der Waals surface area contributed by atoms with Gasteiger partial charge in [-0.3, -0.25) is 0 Å². The van der Waals surface area contributed by atoms with Crippen molar-refractivity contribution in [2.24, 2.45) is 11.8 Å². The van der Waals surface area contributed by atoms with E-state index >= 15 is 0 Å². The molecule has 85 heavy (non-hydrogen) atoms. The van der Waals surface area contributed by atoms with E-state index < -0.39 is 59.1 Å². The first-order valence-electron chi connectivity index (χ1n) is 31.1. The monoisotopic (exact) mass is 1240 g/mol. The Morgan fingerprint density at radius 3 is 0.953 bits per heavy atom. The quantitative estimate of drug-likeness (QED) is 0.118. The van der Waals surface area contributed by atoms with Gasteiger partial charge in [-0.25, -0.2) is 0 Å². The number of methoxy groups -OCH3 is 1. The number of ether oxygens (including phenoxy) is 1. The zero-order valence-electron chi connectivity index (χ0n) is 52.4. The second kappa shape index (κ2) is 19.9. The second-order valence-electron chi connectivity index (χ2n) is 26.2. The SMILES string of the molecule is CCCCC.COc1cccc2c1[C@@]13OO[C@@]24[O][Ge]([c]2c(C)cc(C)cc2C)([c]2c(C)cc(C)cc2C)[C]2(c5ccccc5-c5ccccc52)[C@H]4[C@@H]1[C]1(c2ccccc2-c2ccccc21)[Ge]([c]1c(C)cc(C)cc1C)([c]1c(C)cc(C)cc1C)[O]3. The normalized spacial score (nSPS) is 22.0. The Morgan fingerprint density at radius 1 is 0.365 bits per heavy atom. The molecule has 3 aliphatic carbocycles. The van der Waals surface area contributed by atoms with Gasteiger partial charge in [0.2, 0.25) is 0 Å². The number of rotatable bonds is 7. The molecule has 9 aromatic carbocycles. The van der Waals surface area contributed by atoms with Gasteiger partial charge in [-0.15, -0.1) is 0 Å². The van der Waals surface area contributed by atoms with Crippen LogP contribution in [0.1, 0.15) is 133 Å². The van der Waals surface area contributed by atoms with Crippen LogP contribution >= 0.6 is 0 Å². The van der Waals surface area contributed by atoms with Gasteiger partial charge in [0.05, 0.1) is 0 Å². The van der Waals surface area contributed by atoms with E-state index in [-0.39, 0.29) is 0 Å². The van der Waals surface area contributed by atoms with E-state index in [1.165, 1.54) is 148 Å². The third kappa shape index (κ3) is 6.97. The molecule has 4 aliphatic heterocycles. The van der Waals surface area contributed by atoms with Crippen molar-refractivity contribution in [3.63, 3.8) is 0 Å². The van der Waals surface area contributed by atoms with Crippen LogP contribution in [0, 0.1) is 94.9 Å². The first-order chi connectivity index (χ1) is 40.9. The molecule has 0 radical (unpaired) electrons. The van der Waals surface area contributed by atoms with Gasteiger partial charge in [-0.1, -0.05) is 33.1 Å². The Balaban J connectivity index is 0.00000123. The average molecular weight is 1240 g/mol. The molecule has 5 nitrogen and oxygen atoms in total. The molecule has 7 heteroatoms. The van der Waals surface area contributed by atoms with Crippen LogP contribution in [0.2, 0.25) is 0 Å². The number of hydrogen-bond acceptors (Lipinski definition) is 5. The van der Waals surface area contributed by atoms with E-state index in [4.69, 9.17) is 14.5 Å². The van der Waals surface area contributed by atoms with E-state index in [1.54, 1.807) is 0 Å². The Labute approximate surface area is 510 Å². The van der Waals surface area contributed by atoms with E-state index in [2.05, 4.69) is 261 Å². The minimum atomic E-state index is -5.08. The van der Waals surface area contributed by atoms with Crippen LogP contribution in [0.4, 0.5) is 0 Å². The van der Waals surface area contributed by atoms with Gasteiger partial charge in [-0.05, 0) is 0 Å². The average Bonchev–Trinajstić information content (AvgIpc) is 1.43. The van der Waals surface area contributed by atoms with Gasteiger partial charge >= 0.3 is 481 Å². The van der Waals surface area contributed by atoms with Crippen molar-refractivity contribution in [1.82, 2.24) is 0 Å². The summed E-state index contributed by atoms with van der Waals surface area (Å²) in [6, 6.07) is 63.4. The molecule has 4 atom stereocenters. The second-order valence-corrected chi connectivity index (χ2v) is 40.2. The summed E-state index contributed by atoms with van der Waals surface area (Å²) in [5.41, 5.74) is 26.8. The molecule has 0 N–H and O–H groups in total. The number of unbranched alkanes of at least 4 members (excludes halogenated alkanes) is 2. The molecule has 3 saturated heterocycles. The van der Waals surface area contributed by atoms with E-state index in [0.717, 1.165) is 11.1 Å². The van der Waals surface area contributed by atoms with Gasteiger partial charge in [0.1, 0.15) is 0 Å². The Kier molecular flexibility index (Phi) is 13.2. The van der Waals surface area contributed by atoms with Crippen LogP contribution in [0.25, 0.3) is 22.3 Å². The van der Waals surface area contributed by atoms with Crippen molar-refractivity contribution in [3.8, 4) is 28.0 Å². The fourth-order valence-electron chi connectivity index (χ4n) is 19.3. The summed E-state index contributed by atoms with van der Waals surface area (Å²) in [6.07, 6.45) is 4.08. The van der Waals surface area contributed by atoms with Gasteiger partial charge in [0, 0.05) is 0 Å². The standard InChI is InChI=1S/C73H68Ge2O5.C5H12/c1-41-33-45(5)64(46(6)34-41)74(65-47(7)35-42(2)36-48(65)8)70(57-27-18-14-23-53(57)54-24-15-19-28-58(54)70)68-69-71(59-29-20-16-25-55(59)56-26-17-21-30-60(56)71)75(66-49(9)37-43(3)38-50(66)10,67-51(11)39-44(4)40-52(67)12)78-73(69)63-61(31-22-32-62(63)76-13)72(68,77-74)79-80-73;1-3-5-4-2/h14-40,68-69H,1-13H3;3-5H2,1-2H3/t68-,69-,72+,73-;/m1./s1. The summed E-state index contributed by atoms with van der Waals surface area (Å²) in [5.74, 6) is -3.39. The molecule has 3 fully saturated rings. The van der Waals surface area contributed by atoms with Crippen LogP contribution in [0.5, 0.6) is 5.75 Å². The molecule has 0 aromatic heterocycles. The fourth-order valence-corrected chi connectivity index (χ4v) is 47.1. The van der Waals surface area contributed by atoms with Crippen molar-refractivity contribution in [3.05, 3.63) is 264 Å². The van der Waals surface area contributed by atoms with Crippen LogP contribution < -0.4 is 22.3 Å². The zero-order chi connectivity index (χ0) is 59.5. The van der Waals surface area contributed by atoms with Crippen LogP contribution in [-0.2, 0) is 37.4 Å². The molecule has 4 heterocycles. The molecule has 9 aromatic rings. The van der Waals surface area contributed by atoms with Crippen molar-refractivity contribution in [2.45, 2.75) is 136 Å². The predicted molar refractivity (Wildman–Crippen MR) is 351 cm³/mol. The summed E-state index contributed by atoms with van der Waals surface area (Å²) in [5, 5.41) is 0. The molecule has 0 amide bonds. The molecule has 430 valence electrons. The van der Waals surface area contributed by atoms with Crippen molar-refractivity contribution < 1.29 is 22.0 Å². The number of aryl methyl sites for hydroxylation is 12. The minimum absolute atomic E-state index is 0.489. The van der Waals surface area contributed by atoms with Crippen molar-refractivity contribution in [1.29, 1.82) is 0 Å². The molecular weight excluding hydrogens is 1160 g/mol. The molecule has 2 bridgehead atoms. The van der Waals surface area contributed by atoms with Crippen LogP contribution in [0.3, 0.4) is 0 Å². The molecule has 7 aliphatic rings. The molecule has 0 saturated carbocycles. The first kappa shape index (κ1) is 56.5. The third-order valence-electron chi connectivity index (χ3n) is 20.9. The summed E-state index contributed by atoms with van der Waals surface area (Å²) in [6.45, 7) is 32.2. The van der Waals surface area contributed by atoms with E-state index in [1.807, 2.05) is 7.11 Å². The number of fused-ring (bicyclic) bond motifs is 11. The summed E-state index contributed by atoms with van der Waals surface area (Å²) < 4.78 is 29.0. The molecular formula is C78H80Ge2O5. The van der Waals surface area contributed by atoms with Crippen LogP contribution in [-0.4, -0.2) is 34.3 Å². The Hall–Kier alpha value is -6.29. The number of benzene rings is 9. The Morgan fingerprint density at radius 2 is 0.647 bits per heavy atom. The summed E-state index contributed by atoms with van der Waals surface area (Å²) in [4.78, 5) is 15.9. The topological polar surface area (TPSA) is 46.2 Å². The van der Waals surface area contributed by atoms with Gasteiger partial charge in [0.15, 0.2) is 0 Å². The van der Waals surface area contributed by atoms with Crippen molar-refractivity contribution >= 4 is 44.8 Å².